The molecule has 2 bridgehead atoms. The third-order valence-corrected chi connectivity index (χ3v) is 9.76. The molecule has 1 spiro atoms. The zero-order valence-electron chi connectivity index (χ0n) is 29.4. The monoisotopic (exact) mass is 667 g/mol. The van der Waals surface area contributed by atoms with Crippen LogP contribution in [-0.2, 0) is 38.6 Å². The maximum Gasteiger partial charge on any atom is 0.258 e. The molecule has 0 aliphatic carbocycles. The van der Waals surface area contributed by atoms with Gasteiger partial charge < -0.3 is 35.7 Å². The largest absolute Gasteiger partial charge is 0.484 e. The van der Waals surface area contributed by atoms with Crippen LogP contribution in [0.5, 0.6) is 5.75 Å². The summed E-state index contributed by atoms with van der Waals surface area (Å²) in [6, 6.07) is 4.46. The molecule has 2 aliphatic rings. The second-order valence-electron chi connectivity index (χ2n) is 13.9. The van der Waals surface area contributed by atoms with Gasteiger partial charge >= 0.3 is 0 Å². The number of nitrogens with zero attached hydrogens (tertiary/aromatic N) is 3. The topological polar surface area (TPSA) is 169 Å². The summed E-state index contributed by atoms with van der Waals surface area (Å²) in [6.45, 7) is 13.2. The Morgan fingerprint density at radius 2 is 1.77 bits per heavy atom. The predicted octanol–water partition coefficient (Wildman–Crippen LogP) is 1.47. The SMILES string of the molecule is CCc1nc(CN2CCC3(CC2)CNC(=O)[C@@H](C(C)C)NC(=O)[C@H](C)N(C)C(=O)[C@H]([C@@H](C)O)NC(=O)COc2cccc(c2)C3)c(C)[nH]1. The van der Waals surface area contributed by atoms with Crippen LogP contribution in [-0.4, -0.2) is 106 Å². The number of hydrogen-bond donors (Lipinski definition) is 5. The third kappa shape index (κ3) is 9.13. The molecule has 0 unspecified atom stereocenters. The number of benzene rings is 1. The van der Waals surface area contributed by atoms with Gasteiger partial charge in [0.25, 0.3) is 5.91 Å². The van der Waals surface area contributed by atoms with Crippen LogP contribution >= 0.6 is 0 Å². The van der Waals surface area contributed by atoms with Crippen molar-refractivity contribution in [1.82, 2.24) is 35.7 Å². The molecular formula is C35H53N7O6. The van der Waals surface area contributed by atoms with E-state index in [0.717, 1.165) is 66.6 Å². The fraction of sp³-hybridized carbons (Fsp3) is 0.629. The number of H-pyrrole nitrogens is 1. The van der Waals surface area contributed by atoms with E-state index in [-0.39, 0.29) is 23.8 Å². The van der Waals surface area contributed by atoms with Crippen LogP contribution in [0, 0.1) is 18.3 Å². The summed E-state index contributed by atoms with van der Waals surface area (Å²) < 4.78 is 5.82. The molecule has 1 fully saturated rings. The minimum Gasteiger partial charge on any atom is -0.484 e. The lowest BCUT2D eigenvalue weighted by molar-refractivity contribution is -0.144. The fourth-order valence-electron chi connectivity index (χ4n) is 6.41. The van der Waals surface area contributed by atoms with Crippen molar-refractivity contribution < 1.29 is 29.0 Å². The van der Waals surface area contributed by atoms with Gasteiger partial charge in [-0.1, -0.05) is 32.9 Å². The van der Waals surface area contributed by atoms with Crippen molar-refractivity contribution in [3.63, 3.8) is 0 Å². The van der Waals surface area contributed by atoms with E-state index < -0.39 is 42.0 Å². The number of aromatic amines is 1. The minimum atomic E-state index is -1.30. The lowest BCUT2D eigenvalue weighted by Gasteiger charge is -2.42. The summed E-state index contributed by atoms with van der Waals surface area (Å²) in [5, 5.41) is 18.9. The van der Waals surface area contributed by atoms with E-state index in [9.17, 15) is 24.3 Å². The lowest BCUT2D eigenvalue weighted by atomic mass is 9.73. The van der Waals surface area contributed by atoms with Crippen molar-refractivity contribution in [1.29, 1.82) is 0 Å². The second kappa shape index (κ2) is 16.0. The number of hydrogen-bond acceptors (Lipinski definition) is 8. The Kier molecular flexibility index (Phi) is 12.2. The van der Waals surface area contributed by atoms with E-state index in [1.54, 1.807) is 6.07 Å². The maximum atomic E-state index is 13.7. The van der Waals surface area contributed by atoms with Crippen LogP contribution < -0.4 is 20.7 Å². The second-order valence-corrected chi connectivity index (χ2v) is 13.9. The zero-order chi connectivity index (χ0) is 35.2. The molecular weight excluding hydrogens is 614 g/mol. The number of imidazole rings is 1. The fourth-order valence-corrected chi connectivity index (χ4v) is 6.41. The first-order valence-electron chi connectivity index (χ1n) is 17.0. The minimum absolute atomic E-state index is 0.225. The van der Waals surface area contributed by atoms with Gasteiger partial charge in [0.05, 0.1) is 11.8 Å². The molecule has 3 heterocycles. The smallest absolute Gasteiger partial charge is 0.258 e. The molecule has 264 valence electrons. The average molecular weight is 668 g/mol. The molecule has 2 aromatic rings. The molecule has 4 amide bonds. The van der Waals surface area contributed by atoms with Crippen molar-refractivity contribution in [3.05, 3.63) is 47.0 Å². The van der Waals surface area contributed by atoms with Gasteiger partial charge in [0.1, 0.15) is 29.7 Å². The molecule has 2 aliphatic heterocycles. The number of aliphatic hydroxyl groups excluding tert-OH is 1. The number of fused-ring (bicyclic) bond motifs is 2. The highest BCUT2D eigenvalue weighted by Gasteiger charge is 2.38. The summed E-state index contributed by atoms with van der Waals surface area (Å²) in [5.74, 6) is -0.774. The number of rotatable bonds is 5. The van der Waals surface area contributed by atoms with Crippen LogP contribution in [0.15, 0.2) is 24.3 Å². The van der Waals surface area contributed by atoms with E-state index in [2.05, 4.69) is 39.7 Å². The highest BCUT2D eigenvalue weighted by molar-refractivity contribution is 5.94. The van der Waals surface area contributed by atoms with Gasteiger partial charge in [-0.05, 0) is 82.2 Å². The molecule has 48 heavy (non-hydrogen) atoms. The van der Waals surface area contributed by atoms with E-state index in [4.69, 9.17) is 9.72 Å². The molecule has 13 heteroatoms. The van der Waals surface area contributed by atoms with Crippen LogP contribution in [0.2, 0.25) is 0 Å². The van der Waals surface area contributed by atoms with Crippen molar-refractivity contribution in [2.24, 2.45) is 11.3 Å². The molecule has 4 atom stereocenters. The van der Waals surface area contributed by atoms with Crippen LogP contribution in [0.25, 0.3) is 0 Å². The van der Waals surface area contributed by atoms with Gasteiger partial charge in [-0.2, -0.15) is 0 Å². The van der Waals surface area contributed by atoms with Gasteiger partial charge in [-0.25, -0.2) is 4.98 Å². The number of ether oxygens (including phenoxy) is 1. The summed E-state index contributed by atoms with van der Waals surface area (Å²) >= 11 is 0. The Bertz CT molecular complexity index is 1450. The Morgan fingerprint density at radius 3 is 2.40 bits per heavy atom. The normalized spacial score (nSPS) is 24.2. The number of nitrogens with one attached hydrogen (secondary N) is 4. The van der Waals surface area contributed by atoms with Gasteiger partial charge in [0, 0.05) is 32.3 Å². The number of amides is 4. The Balaban J connectivity index is 1.60. The molecule has 4 rings (SSSR count). The number of aliphatic hydroxyl groups is 1. The molecule has 5 N–H and O–H groups in total. The number of likely N-dealkylation sites (tertiary alicyclic amines) is 1. The van der Waals surface area contributed by atoms with Crippen molar-refractivity contribution in [3.8, 4) is 5.75 Å². The third-order valence-electron chi connectivity index (χ3n) is 9.76. The van der Waals surface area contributed by atoms with E-state index in [0.29, 0.717) is 18.7 Å². The van der Waals surface area contributed by atoms with Crippen LogP contribution in [0.1, 0.15) is 70.2 Å². The van der Waals surface area contributed by atoms with Crippen molar-refractivity contribution in [2.45, 2.75) is 98.0 Å². The zero-order valence-corrected chi connectivity index (χ0v) is 29.4. The summed E-state index contributed by atoms with van der Waals surface area (Å²) in [4.78, 5) is 65.0. The maximum absolute atomic E-state index is 13.7. The highest BCUT2D eigenvalue weighted by atomic mass is 16.5. The summed E-state index contributed by atoms with van der Waals surface area (Å²) in [6.07, 6.45) is 1.95. The summed E-state index contributed by atoms with van der Waals surface area (Å²) in [5.41, 5.74) is 2.88. The molecule has 13 nitrogen and oxygen atoms in total. The standard InChI is InChI=1S/C35H53N7O6/c1-8-28-37-22(4)27(38-28)18-42-14-12-35(13-15-42)17-25-10-9-11-26(16-25)48-19-29(44)39-31(24(6)43)34(47)41(7)23(5)32(45)40-30(21(2)3)33(46)36-20-35/h9-11,16,21,23-24,30-31,43H,8,12-15,17-20H2,1-7H3,(H,36,46)(H,37,38)(H,39,44)(H,40,45)/t23-,24+,30+,31-/m0/s1. The molecule has 0 radical (unpaired) electrons. The van der Waals surface area contributed by atoms with Gasteiger partial charge in [-0.3, -0.25) is 24.1 Å². The van der Waals surface area contributed by atoms with Crippen LogP contribution in [0.3, 0.4) is 0 Å². The Labute approximate surface area is 283 Å². The molecule has 1 aromatic heterocycles. The number of carbonyl (C=O) groups is 4. The first-order chi connectivity index (χ1) is 22.7. The van der Waals surface area contributed by atoms with Gasteiger partial charge in [0.2, 0.25) is 17.7 Å². The van der Waals surface area contributed by atoms with E-state index >= 15 is 0 Å². The molecule has 1 aromatic carbocycles. The Morgan fingerprint density at radius 1 is 1.06 bits per heavy atom. The van der Waals surface area contributed by atoms with Crippen LogP contribution in [0.4, 0.5) is 0 Å². The summed E-state index contributed by atoms with van der Waals surface area (Å²) in [7, 11) is 1.43. The quantitative estimate of drug-likeness (QED) is 0.320. The predicted molar refractivity (Wildman–Crippen MR) is 181 cm³/mol. The molecule has 0 saturated carbocycles. The number of piperidine rings is 1. The molecule has 1 saturated heterocycles. The first kappa shape index (κ1) is 36.9. The number of carbonyl (C=O) groups excluding carboxylic acids is 4. The van der Waals surface area contributed by atoms with Gasteiger partial charge in [-0.15, -0.1) is 0 Å². The van der Waals surface area contributed by atoms with E-state index in [1.165, 1.54) is 20.9 Å². The van der Waals surface area contributed by atoms with Crippen molar-refractivity contribution >= 4 is 23.6 Å². The lowest BCUT2D eigenvalue weighted by Crippen LogP contribution is -2.59. The van der Waals surface area contributed by atoms with E-state index in [1.807, 2.05) is 32.0 Å². The first-order valence-corrected chi connectivity index (χ1v) is 17.0. The number of aryl methyl sites for hydroxylation is 2. The van der Waals surface area contributed by atoms with Gasteiger partial charge in [0.15, 0.2) is 6.61 Å². The Hall–Kier alpha value is -3.97. The highest BCUT2D eigenvalue weighted by Crippen LogP contribution is 2.36. The number of aromatic nitrogens is 2. The van der Waals surface area contributed by atoms with Crippen molar-refractivity contribution in [2.75, 3.05) is 33.3 Å². The average Bonchev–Trinajstić information content (AvgIpc) is 3.42. The number of likely N-dealkylation sites (N-methyl/N-ethyl adjacent to an activating group) is 1.